The summed E-state index contributed by atoms with van der Waals surface area (Å²) in [5, 5.41) is 8.95. The molecular formula is C20H19Cl2N5O2. The van der Waals surface area contributed by atoms with Gasteiger partial charge in [0, 0.05) is 54.5 Å². The Morgan fingerprint density at radius 1 is 1.21 bits per heavy atom. The predicted molar refractivity (Wildman–Crippen MR) is 111 cm³/mol. The molecule has 0 atom stereocenters. The summed E-state index contributed by atoms with van der Waals surface area (Å²) in [7, 11) is 0. The van der Waals surface area contributed by atoms with Gasteiger partial charge in [-0.2, -0.15) is 5.10 Å². The van der Waals surface area contributed by atoms with Crippen molar-refractivity contribution in [1.29, 1.82) is 0 Å². The summed E-state index contributed by atoms with van der Waals surface area (Å²) in [6.07, 6.45) is 4.96. The molecule has 0 bridgehead atoms. The molecule has 1 saturated heterocycles. The first-order valence-corrected chi connectivity index (χ1v) is 10.3. The molecule has 4 heterocycles. The lowest BCUT2D eigenvalue weighted by atomic mass is 10.0. The quantitative estimate of drug-likeness (QED) is 0.690. The average Bonchev–Trinajstić information content (AvgIpc) is 3.43. The Bertz CT molecular complexity index is 1120. The lowest BCUT2D eigenvalue weighted by molar-refractivity contribution is -0.139. The Kier molecular flexibility index (Phi) is 4.52. The van der Waals surface area contributed by atoms with E-state index in [0.29, 0.717) is 42.6 Å². The number of nitrogens with one attached hydrogen (secondary N) is 1. The van der Waals surface area contributed by atoms with Gasteiger partial charge >= 0.3 is 0 Å². The number of aromatic nitrogens is 3. The van der Waals surface area contributed by atoms with E-state index in [2.05, 4.69) is 14.8 Å². The minimum atomic E-state index is -0.0287. The number of amides is 2. The Morgan fingerprint density at radius 2 is 2.07 bits per heavy atom. The molecule has 2 aliphatic rings. The topological polar surface area (TPSA) is 74.2 Å². The van der Waals surface area contributed by atoms with Gasteiger partial charge in [0.15, 0.2) is 0 Å². The number of hydrogen-bond donors (Lipinski definition) is 1. The third kappa shape index (κ3) is 3.00. The highest BCUT2D eigenvalue weighted by Crippen LogP contribution is 2.42. The number of fused-ring (bicyclic) bond motifs is 3. The predicted octanol–water partition coefficient (Wildman–Crippen LogP) is 3.30. The number of aromatic amines is 1. The van der Waals surface area contributed by atoms with Gasteiger partial charge in [0.1, 0.15) is 0 Å². The minimum absolute atomic E-state index is 0.0287. The molecule has 3 aromatic rings. The van der Waals surface area contributed by atoms with Gasteiger partial charge in [-0.1, -0.05) is 29.3 Å². The van der Waals surface area contributed by atoms with E-state index in [4.69, 9.17) is 23.2 Å². The van der Waals surface area contributed by atoms with Gasteiger partial charge in [-0.15, -0.1) is 0 Å². The van der Waals surface area contributed by atoms with Crippen molar-refractivity contribution in [3.8, 4) is 11.1 Å². The summed E-state index contributed by atoms with van der Waals surface area (Å²) >= 11 is 12.9. The third-order valence-corrected chi connectivity index (χ3v) is 6.59. The van der Waals surface area contributed by atoms with E-state index in [9.17, 15) is 9.59 Å². The summed E-state index contributed by atoms with van der Waals surface area (Å²) < 4.78 is 2.15. The fourth-order valence-corrected chi connectivity index (χ4v) is 4.80. The molecule has 2 amide bonds. The van der Waals surface area contributed by atoms with E-state index in [1.54, 1.807) is 17.2 Å². The monoisotopic (exact) mass is 431 g/mol. The van der Waals surface area contributed by atoms with E-state index >= 15 is 0 Å². The Morgan fingerprint density at radius 3 is 2.79 bits per heavy atom. The van der Waals surface area contributed by atoms with E-state index in [1.807, 2.05) is 17.2 Å². The summed E-state index contributed by atoms with van der Waals surface area (Å²) in [5.74, 6) is 0.0315. The third-order valence-electron chi connectivity index (χ3n) is 5.79. The summed E-state index contributed by atoms with van der Waals surface area (Å²) in [6, 6.07) is 3.76. The highest BCUT2D eigenvalue weighted by atomic mass is 35.5. The largest absolute Gasteiger partial charge is 0.339 e. The zero-order valence-corrected chi connectivity index (χ0v) is 17.1. The van der Waals surface area contributed by atoms with Crippen molar-refractivity contribution in [1.82, 2.24) is 24.6 Å². The lowest BCUT2D eigenvalue weighted by Gasteiger charge is -2.31. The molecule has 150 valence electrons. The van der Waals surface area contributed by atoms with Crippen molar-refractivity contribution >= 4 is 45.9 Å². The van der Waals surface area contributed by atoms with Crippen LogP contribution in [0.5, 0.6) is 0 Å². The van der Waals surface area contributed by atoms with Crippen LogP contribution in [0, 0.1) is 0 Å². The van der Waals surface area contributed by atoms with E-state index in [1.165, 1.54) is 0 Å². The van der Waals surface area contributed by atoms with Gasteiger partial charge in [-0.25, -0.2) is 0 Å². The van der Waals surface area contributed by atoms with Gasteiger partial charge in [0.2, 0.25) is 11.8 Å². The minimum Gasteiger partial charge on any atom is -0.339 e. The highest BCUT2D eigenvalue weighted by Gasteiger charge is 2.30. The van der Waals surface area contributed by atoms with Gasteiger partial charge in [0.05, 0.1) is 34.8 Å². The smallest absolute Gasteiger partial charge is 0.242 e. The second-order valence-electron chi connectivity index (χ2n) is 7.45. The number of H-pyrrole nitrogens is 1. The molecule has 0 aliphatic carbocycles. The number of halogens is 2. The highest BCUT2D eigenvalue weighted by molar-refractivity contribution is 6.45. The van der Waals surface area contributed by atoms with Crippen LogP contribution in [0.25, 0.3) is 22.0 Å². The maximum absolute atomic E-state index is 12.9. The normalized spacial score (nSPS) is 16.7. The summed E-state index contributed by atoms with van der Waals surface area (Å²) in [5.41, 5.74) is 3.82. The van der Waals surface area contributed by atoms with Crippen LogP contribution < -0.4 is 0 Å². The SMILES string of the molecule is O=C1CCCN1CC(=O)N1CCn2c(c(-c3cn[nH]c3)c3ccc(Cl)c(Cl)c32)C1. The van der Waals surface area contributed by atoms with Crippen molar-refractivity contribution < 1.29 is 9.59 Å². The number of carbonyl (C=O) groups excluding carboxylic acids is 2. The van der Waals surface area contributed by atoms with Crippen LogP contribution in [0.3, 0.4) is 0 Å². The standard InChI is InChI=1S/C20H19Cl2N5O2/c21-14-4-3-13-18(12-8-23-24-9-12)15-10-26(6-7-27(15)20(13)19(14)22)17(29)11-25-5-1-2-16(25)28/h3-4,8-9H,1-2,5-7,10-11H2,(H,23,24). The molecular weight excluding hydrogens is 413 g/mol. The molecule has 1 N–H and O–H groups in total. The fraction of sp³-hybridized carbons (Fsp3) is 0.350. The molecule has 29 heavy (non-hydrogen) atoms. The molecule has 0 spiro atoms. The van der Waals surface area contributed by atoms with Crippen LogP contribution in [-0.2, 0) is 22.7 Å². The van der Waals surface area contributed by atoms with Crippen LogP contribution in [0.4, 0.5) is 0 Å². The number of carbonyl (C=O) groups is 2. The Hall–Kier alpha value is -2.51. The van der Waals surface area contributed by atoms with Crippen molar-refractivity contribution in [2.24, 2.45) is 0 Å². The number of nitrogens with zero attached hydrogens (tertiary/aromatic N) is 4. The number of rotatable bonds is 3. The summed E-state index contributed by atoms with van der Waals surface area (Å²) in [6.45, 7) is 2.43. The van der Waals surface area contributed by atoms with Gasteiger partial charge < -0.3 is 14.4 Å². The van der Waals surface area contributed by atoms with Crippen molar-refractivity contribution in [2.75, 3.05) is 19.6 Å². The van der Waals surface area contributed by atoms with Crippen LogP contribution >= 0.6 is 23.2 Å². The molecule has 0 unspecified atom stereocenters. The molecule has 0 saturated carbocycles. The van der Waals surface area contributed by atoms with Crippen molar-refractivity contribution in [2.45, 2.75) is 25.9 Å². The molecule has 2 aromatic heterocycles. The van der Waals surface area contributed by atoms with Gasteiger partial charge in [-0.05, 0) is 12.5 Å². The second kappa shape index (κ2) is 7.07. The van der Waals surface area contributed by atoms with E-state index < -0.39 is 0 Å². The number of benzene rings is 1. The fourth-order valence-electron chi connectivity index (χ4n) is 4.38. The van der Waals surface area contributed by atoms with E-state index in [-0.39, 0.29) is 18.4 Å². The van der Waals surface area contributed by atoms with Crippen LogP contribution in [0.15, 0.2) is 24.5 Å². The molecule has 7 nitrogen and oxygen atoms in total. The second-order valence-corrected chi connectivity index (χ2v) is 8.24. The summed E-state index contributed by atoms with van der Waals surface area (Å²) in [4.78, 5) is 28.3. The molecule has 1 fully saturated rings. The first kappa shape index (κ1) is 18.5. The zero-order valence-electron chi connectivity index (χ0n) is 15.6. The maximum atomic E-state index is 12.9. The maximum Gasteiger partial charge on any atom is 0.242 e. The molecule has 5 rings (SSSR count). The molecule has 1 aromatic carbocycles. The average molecular weight is 432 g/mol. The molecule has 2 aliphatic heterocycles. The van der Waals surface area contributed by atoms with Crippen LogP contribution in [0.1, 0.15) is 18.5 Å². The first-order chi connectivity index (χ1) is 14.0. The van der Waals surface area contributed by atoms with Gasteiger partial charge in [0.25, 0.3) is 0 Å². The van der Waals surface area contributed by atoms with Crippen molar-refractivity contribution in [3.63, 3.8) is 0 Å². The number of hydrogen-bond acceptors (Lipinski definition) is 3. The van der Waals surface area contributed by atoms with Gasteiger partial charge in [-0.3, -0.25) is 14.7 Å². The van der Waals surface area contributed by atoms with Crippen LogP contribution in [0.2, 0.25) is 10.0 Å². The van der Waals surface area contributed by atoms with Crippen molar-refractivity contribution in [3.05, 3.63) is 40.3 Å². The Labute approximate surface area is 177 Å². The van der Waals surface area contributed by atoms with Crippen LogP contribution in [-0.4, -0.2) is 56.0 Å². The lowest BCUT2D eigenvalue weighted by Crippen LogP contribution is -2.44. The molecule has 0 radical (unpaired) electrons. The number of likely N-dealkylation sites (tertiary alicyclic amines) is 1. The Balaban J connectivity index is 1.55. The zero-order chi connectivity index (χ0) is 20.1. The van der Waals surface area contributed by atoms with E-state index in [0.717, 1.165) is 34.1 Å². The molecule has 9 heteroatoms. The first-order valence-electron chi connectivity index (χ1n) is 9.58.